The van der Waals surface area contributed by atoms with Crippen LogP contribution in [0.4, 0.5) is 17.1 Å². The van der Waals surface area contributed by atoms with Gasteiger partial charge < -0.3 is 4.90 Å². The molecule has 1 heteroatoms. The van der Waals surface area contributed by atoms with E-state index in [1.54, 1.807) is 0 Å². The first-order valence-corrected chi connectivity index (χ1v) is 20.3. The van der Waals surface area contributed by atoms with Crippen LogP contribution in [0.2, 0.25) is 0 Å². The molecule has 11 rings (SSSR count). The molecular formula is C58H39N. The summed E-state index contributed by atoms with van der Waals surface area (Å²) >= 11 is 0. The average Bonchev–Trinajstić information content (AvgIpc) is 3.32. The molecule has 0 radical (unpaired) electrons. The molecule has 0 atom stereocenters. The van der Waals surface area contributed by atoms with Crippen molar-refractivity contribution in [2.45, 2.75) is 0 Å². The number of benzene rings is 11. The molecule has 0 aromatic heterocycles. The van der Waals surface area contributed by atoms with E-state index in [9.17, 15) is 0 Å². The molecule has 0 saturated heterocycles. The largest absolute Gasteiger partial charge is 0.309 e. The van der Waals surface area contributed by atoms with Gasteiger partial charge in [0.1, 0.15) is 0 Å². The minimum Gasteiger partial charge on any atom is -0.309 e. The first-order chi connectivity index (χ1) is 29.3. The predicted octanol–water partition coefficient (Wildman–Crippen LogP) is 16.4. The molecule has 0 aliphatic carbocycles. The Morgan fingerprint density at radius 2 is 0.593 bits per heavy atom. The molecule has 276 valence electrons. The Bertz CT molecular complexity index is 3150. The number of nitrogens with zero attached hydrogens (tertiary/aromatic N) is 1. The first kappa shape index (κ1) is 34.5. The molecule has 0 heterocycles. The molecule has 1 nitrogen and oxygen atoms in total. The van der Waals surface area contributed by atoms with Crippen molar-refractivity contribution in [3.05, 3.63) is 237 Å². The third-order valence-electron chi connectivity index (χ3n) is 11.8. The molecule has 0 saturated carbocycles. The van der Waals surface area contributed by atoms with Gasteiger partial charge in [-0.05, 0) is 113 Å². The Hall–Kier alpha value is -7.74. The van der Waals surface area contributed by atoms with Gasteiger partial charge in [0.05, 0.1) is 5.69 Å². The second kappa shape index (κ2) is 14.6. The summed E-state index contributed by atoms with van der Waals surface area (Å²) in [5.41, 5.74) is 15.3. The Morgan fingerprint density at radius 1 is 0.237 bits per heavy atom. The summed E-state index contributed by atoms with van der Waals surface area (Å²) in [6.07, 6.45) is 0. The second-order valence-electron chi connectivity index (χ2n) is 15.3. The van der Waals surface area contributed by atoms with E-state index in [0.717, 1.165) is 17.1 Å². The summed E-state index contributed by atoms with van der Waals surface area (Å²) in [6, 6.07) is 86.2. The average molecular weight is 750 g/mol. The van der Waals surface area contributed by atoms with Crippen LogP contribution >= 0.6 is 0 Å². The normalized spacial score (nSPS) is 11.4. The molecule has 11 aromatic rings. The standard InChI is InChI=1S/C58H39N/c1-6-16-40(17-7-1)47-38-54(42-20-10-3-11-21-42)58(55(39-47)43-22-12-4-13-23-43)59(48-24-14-5-15-25-48)49-32-26-44(27-33-49)51-35-29-46-30-36-52-50(41-18-8-2-9-19-41)34-28-45-31-37-53(51)57(46)56(45)52/h1-39H. The molecule has 0 spiro atoms. The van der Waals surface area contributed by atoms with Gasteiger partial charge in [-0.3, -0.25) is 0 Å². The van der Waals surface area contributed by atoms with E-state index in [4.69, 9.17) is 0 Å². The summed E-state index contributed by atoms with van der Waals surface area (Å²) in [5, 5.41) is 7.75. The van der Waals surface area contributed by atoms with Gasteiger partial charge in [-0.1, -0.05) is 200 Å². The molecule has 11 aromatic carbocycles. The number of anilines is 3. The van der Waals surface area contributed by atoms with Crippen molar-refractivity contribution >= 4 is 49.4 Å². The molecule has 59 heavy (non-hydrogen) atoms. The summed E-state index contributed by atoms with van der Waals surface area (Å²) in [5.74, 6) is 0. The number of rotatable bonds is 8. The Kier molecular flexibility index (Phi) is 8.56. The van der Waals surface area contributed by atoms with E-state index in [1.165, 1.54) is 88.0 Å². The van der Waals surface area contributed by atoms with E-state index in [-0.39, 0.29) is 0 Å². The summed E-state index contributed by atoms with van der Waals surface area (Å²) < 4.78 is 0. The van der Waals surface area contributed by atoms with Crippen molar-refractivity contribution < 1.29 is 0 Å². The fraction of sp³-hybridized carbons (Fsp3) is 0. The molecule has 0 aliphatic rings. The summed E-state index contributed by atoms with van der Waals surface area (Å²) in [6.45, 7) is 0. The number of hydrogen-bond donors (Lipinski definition) is 0. The quantitative estimate of drug-likeness (QED) is 0.140. The van der Waals surface area contributed by atoms with Gasteiger partial charge in [-0.15, -0.1) is 0 Å². The van der Waals surface area contributed by atoms with Crippen molar-refractivity contribution in [3.63, 3.8) is 0 Å². The highest BCUT2D eigenvalue weighted by Gasteiger charge is 2.24. The molecular weight excluding hydrogens is 711 g/mol. The number of para-hydroxylation sites is 1. The SMILES string of the molecule is c1ccc(-c2cc(-c3ccccc3)c(N(c3ccccc3)c3ccc(-c4ccc5ccc6c(-c7ccccc7)ccc7ccc4c5c76)cc3)c(-c3ccccc3)c2)cc1. The molecule has 0 N–H and O–H groups in total. The second-order valence-corrected chi connectivity index (χ2v) is 15.3. The van der Waals surface area contributed by atoms with Crippen LogP contribution in [0.25, 0.3) is 88.0 Å². The van der Waals surface area contributed by atoms with Gasteiger partial charge in [0.15, 0.2) is 0 Å². The maximum atomic E-state index is 2.44. The molecule has 0 unspecified atom stereocenters. The van der Waals surface area contributed by atoms with Gasteiger partial charge in [-0.25, -0.2) is 0 Å². The highest BCUT2D eigenvalue weighted by molar-refractivity contribution is 6.27. The zero-order valence-corrected chi connectivity index (χ0v) is 32.5. The minimum absolute atomic E-state index is 1.09. The zero-order valence-electron chi connectivity index (χ0n) is 32.5. The molecule has 0 bridgehead atoms. The van der Waals surface area contributed by atoms with E-state index in [2.05, 4.69) is 241 Å². The van der Waals surface area contributed by atoms with Crippen LogP contribution in [0.15, 0.2) is 237 Å². The van der Waals surface area contributed by atoms with E-state index in [0.29, 0.717) is 0 Å². The monoisotopic (exact) mass is 749 g/mol. The first-order valence-electron chi connectivity index (χ1n) is 20.3. The Labute approximate surface area is 345 Å². The fourth-order valence-corrected chi connectivity index (χ4v) is 9.04. The van der Waals surface area contributed by atoms with Crippen molar-refractivity contribution in [1.82, 2.24) is 0 Å². The van der Waals surface area contributed by atoms with Crippen LogP contribution in [0.3, 0.4) is 0 Å². The molecule has 0 amide bonds. The zero-order chi connectivity index (χ0) is 39.1. The lowest BCUT2D eigenvalue weighted by Crippen LogP contribution is -2.13. The summed E-state index contributed by atoms with van der Waals surface area (Å²) in [4.78, 5) is 2.44. The lowest BCUT2D eigenvalue weighted by atomic mass is 9.87. The molecule has 0 fully saturated rings. The maximum absolute atomic E-state index is 2.44. The lowest BCUT2D eigenvalue weighted by molar-refractivity contribution is 1.28. The highest BCUT2D eigenvalue weighted by Crippen LogP contribution is 2.49. The summed E-state index contributed by atoms with van der Waals surface area (Å²) in [7, 11) is 0. The number of hydrogen-bond acceptors (Lipinski definition) is 1. The van der Waals surface area contributed by atoms with Gasteiger partial charge in [-0.2, -0.15) is 0 Å². The van der Waals surface area contributed by atoms with Crippen molar-refractivity contribution in [2.75, 3.05) is 4.90 Å². The van der Waals surface area contributed by atoms with Crippen molar-refractivity contribution in [2.24, 2.45) is 0 Å². The van der Waals surface area contributed by atoms with E-state index >= 15 is 0 Å². The third kappa shape index (κ3) is 6.12. The maximum Gasteiger partial charge on any atom is 0.0618 e. The topological polar surface area (TPSA) is 3.24 Å². The van der Waals surface area contributed by atoms with Crippen LogP contribution in [0, 0.1) is 0 Å². The Morgan fingerprint density at radius 3 is 1.05 bits per heavy atom. The van der Waals surface area contributed by atoms with E-state index < -0.39 is 0 Å². The Balaban J connectivity index is 1.11. The molecule has 0 aliphatic heterocycles. The van der Waals surface area contributed by atoms with Crippen LogP contribution in [-0.4, -0.2) is 0 Å². The van der Waals surface area contributed by atoms with Crippen LogP contribution in [0.5, 0.6) is 0 Å². The van der Waals surface area contributed by atoms with E-state index in [1.807, 2.05) is 0 Å². The predicted molar refractivity (Wildman–Crippen MR) is 252 cm³/mol. The highest BCUT2D eigenvalue weighted by atomic mass is 15.1. The smallest absolute Gasteiger partial charge is 0.0618 e. The van der Waals surface area contributed by atoms with Crippen LogP contribution in [0.1, 0.15) is 0 Å². The van der Waals surface area contributed by atoms with Crippen LogP contribution < -0.4 is 4.90 Å². The third-order valence-corrected chi connectivity index (χ3v) is 11.8. The fourth-order valence-electron chi connectivity index (χ4n) is 9.04. The lowest BCUT2D eigenvalue weighted by Gasteiger charge is -2.31. The minimum atomic E-state index is 1.09. The van der Waals surface area contributed by atoms with Crippen molar-refractivity contribution in [1.29, 1.82) is 0 Å². The van der Waals surface area contributed by atoms with Gasteiger partial charge in [0.25, 0.3) is 0 Å². The van der Waals surface area contributed by atoms with Crippen LogP contribution in [-0.2, 0) is 0 Å². The van der Waals surface area contributed by atoms with Gasteiger partial charge in [0.2, 0.25) is 0 Å². The van der Waals surface area contributed by atoms with Gasteiger partial charge >= 0.3 is 0 Å². The van der Waals surface area contributed by atoms with Crippen molar-refractivity contribution in [3.8, 4) is 55.6 Å². The van der Waals surface area contributed by atoms with Gasteiger partial charge in [0, 0.05) is 22.5 Å².